The second-order valence-electron chi connectivity index (χ2n) is 4.99. The molecule has 20 heavy (non-hydrogen) atoms. The largest absolute Gasteiger partial charge is 0.348 e. The highest BCUT2D eigenvalue weighted by Gasteiger charge is 2.22. The van der Waals surface area contributed by atoms with E-state index in [2.05, 4.69) is 18.8 Å². The molecule has 0 unspecified atom stereocenters. The van der Waals surface area contributed by atoms with Gasteiger partial charge < -0.3 is 9.47 Å². The van der Waals surface area contributed by atoms with Crippen LogP contribution < -0.4 is 0 Å². The van der Waals surface area contributed by atoms with Crippen molar-refractivity contribution in [2.75, 3.05) is 13.2 Å². The van der Waals surface area contributed by atoms with E-state index < -0.39 is 0 Å². The van der Waals surface area contributed by atoms with Gasteiger partial charge in [-0.3, -0.25) is 0 Å². The van der Waals surface area contributed by atoms with Crippen LogP contribution in [0.1, 0.15) is 43.6 Å². The van der Waals surface area contributed by atoms with E-state index in [1.807, 2.05) is 24.3 Å². The molecule has 104 valence electrons. The van der Waals surface area contributed by atoms with Crippen molar-refractivity contribution in [1.82, 2.24) is 0 Å². The lowest BCUT2D eigenvalue weighted by atomic mass is 10.0. The van der Waals surface area contributed by atoms with Crippen molar-refractivity contribution in [2.24, 2.45) is 5.92 Å². The fourth-order valence-electron chi connectivity index (χ4n) is 2.22. The van der Waals surface area contributed by atoms with Gasteiger partial charge in [0.2, 0.25) is 0 Å². The number of unbranched alkanes of at least 4 members (excludes halogenated alkanes) is 1. The molecule has 0 bridgehead atoms. The van der Waals surface area contributed by atoms with E-state index in [0.29, 0.717) is 5.92 Å². The van der Waals surface area contributed by atoms with Gasteiger partial charge in [0.1, 0.15) is 0 Å². The molecule has 3 heteroatoms. The van der Waals surface area contributed by atoms with E-state index in [-0.39, 0.29) is 6.29 Å². The molecule has 0 radical (unpaired) electrons. The van der Waals surface area contributed by atoms with Crippen molar-refractivity contribution in [2.45, 2.75) is 32.5 Å². The fourth-order valence-corrected chi connectivity index (χ4v) is 2.22. The van der Waals surface area contributed by atoms with Crippen molar-refractivity contribution in [3.8, 4) is 17.9 Å². The first-order valence-corrected chi connectivity index (χ1v) is 7.06. The van der Waals surface area contributed by atoms with Crippen LogP contribution in [0.3, 0.4) is 0 Å². The van der Waals surface area contributed by atoms with E-state index in [0.717, 1.165) is 24.3 Å². The number of hydrogen-bond acceptors (Lipinski definition) is 3. The van der Waals surface area contributed by atoms with Gasteiger partial charge in [-0.15, -0.1) is 0 Å². The zero-order valence-electron chi connectivity index (χ0n) is 11.8. The summed E-state index contributed by atoms with van der Waals surface area (Å²) in [5.74, 6) is 5.66. The Morgan fingerprint density at radius 3 is 2.50 bits per heavy atom. The summed E-state index contributed by atoms with van der Waals surface area (Å²) in [6.07, 6.45) is 3.34. The van der Waals surface area contributed by atoms with Crippen LogP contribution >= 0.6 is 0 Å². The SMILES string of the molecule is CCCC[C@H]1CO[C@H](c2ccc(C#CC#N)cc2)OC1. The van der Waals surface area contributed by atoms with Gasteiger partial charge in [0, 0.05) is 23.0 Å². The Labute approximate surface area is 120 Å². The minimum absolute atomic E-state index is 0.272. The molecule has 1 aliphatic heterocycles. The van der Waals surface area contributed by atoms with Crippen molar-refractivity contribution in [3.63, 3.8) is 0 Å². The molecule has 3 nitrogen and oxygen atoms in total. The van der Waals surface area contributed by atoms with E-state index in [1.54, 1.807) is 6.07 Å². The predicted molar refractivity (Wildman–Crippen MR) is 76.6 cm³/mol. The van der Waals surface area contributed by atoms with E-state index in [4.69, 9.17) is 14.7 Å². The third-order valence-electron chi connectivity index (χ3n) is 3.38. The lowest BCUT2D eigenvalue weighted by molar-refractivity contribution is -0.206. The zero-order chi connectivity index (χ0) is 14.2. The average Bonchev–Trinajstić information content (AvgIpc) is 2.52. The number of benzene rings is 1. The van der Waals surface area contributed by atoms with Crippen molar-refractivity contribution in [1.29, 1.82) is 5.26 Å². The normalized spacial score (nSPS) is 21.6. The summed E-state index contributed by atoms with van der Waals surface area (Å²) >= 11 is 0. The van der Waals surface area contributed by atoms with Crippen LogP contribution in [-0.4, -0.2) is 13.2 Å². The maximum atomic E-state index is 8.41. The second kappa shape index (κ2) is 7.70. The standard InChI is InChI=1S/C17H19NO2/c1-2-3-5-15-12-19-17(20-13-15)16-9-7-14(8-10-16)6-4-11-18/h7-10,15,17H,2-3,5,12-13H2,1H3/t15-,17-. The van der Waals surface area contributed by atoms with Crippen LogP contribution in [0, 0.1) is 29.1 Å². The number of hydrogen-bond donors (Lipinski definition) is 0. The number of rotatable bonds is 4. The summed E-state index contributed by atoms with van der Waals surface area (Å²) in [4.78, 5) is 0. The molecule has 1 saturated heterocycles. The maximum Gasteiger partial charge on any atom is 0.183 e. The van der Waals surface area contributed by atoms with Gasteiger partial charge in [0.25, 0.3) is 0 Å². The molecule has 0 spiro atoms. The van der Waals surface area contributed by atoms with E-state index in [9.17, 15) is 0 Å². The monoisotopic (exact) mass is 269 g/mol. The Morgan fingerprint density at radius 2 is 1.90 bits per heavy atom. The maximum absolute atomic E-state index is 8.41. The van der Waals surface area contributed by atoms with Gasteiger partial charge in [-0.25, -0.2) is 0 Å². The summed E-state index contributed by atoms with van der Waals surface area (Å²) in [6.45, 7) is 3.73. The van der Waals surface area contributed by atoms with Gasteiger partial charge in [0.15, 0.2) is 12.4 Å². The van der Waals surface area contributed by atoms with E-state index in [1.165, 1.54) is 19.3 Å². The van der Waals surface area contributed by atoms with Crippen LogP contribution in [0.25, 0.3) is 0 Å². The lowest BCUT2D eigenvalue weighted by Gasteiger charge is -2.29. The molecule has 0 aliphatic carbocycles. The summed E-state index contributed by atoms with van der Waals surface area (Å²) in [7, 11) is 0. The molecule has 0 aromatic heterocycles. The highest BCUT2D eigenvalue weighted by Crippen LogP contribution is 2.27. The molecule has 0 N–H and O–H groups in total. The third-order valence-corrected chi connectivity index (χ3v) is 3.38. The van der Waals surface area contributed by atoms with Gasteiger partial charge in [-0.2, -0.15) is 5.26 Å². The molecule has 1 aliphatic rings. The predicted octanol–water partition coefficient (Wildman–Crippen LogP) is 3.41. The first-order valence-electron chi connectivity index (χ1n) is 7.06. The Bertz CT molecular complexity index is 511. The molecular formula is C17H19NO2. The summed E-state index contributed by atoms with van der Waals surface area (Å²) in [6, 6.07) is 9.46. The molecule has 1 fully saturated rings. The summed E-state index contributed by atoms with van der Waals surface area (Å²) in [5, 5.41) is 8.41. The number of nitriles is 1. The molecule has 2 rings (SSSR count). The van der Waals surface area contributed by atoms with Gasteiger partial charge >= 0.3 is 0 Å². The Morgan fingerprint density at radius 1 is 1.20 bits per heavy atom. The molecule has 1 heterocycles. The second-order valence-corrected chi connectivity index (χ2v) is 4.99. The summed E-state index contributed by atoms with van der Waals surface area (Å²) < 4.78 is 11.6. The minimum Gasteiger partial charge on any atom is -0.348 e. The number of ether oxygens (including phenoxy) is 2. The molecular weight excluding hydrogens is 250 g/mol. The Balaban J connectivity index is 1.89. The van der Waals surface area contributed by atoms with Crippen LogP contribution in [0.15, 0.2) is 24.3 Å². The van der Waals surface area contributed by atoms with Crippen LogP contribution in [0.2, 0.25) is 0 Å². The highest BCUT2D eigenvalue weighted by molar-refractivity contribution is 5.39. The zero-order valence-corrected chi connectivity index (χ0v) is 11.8. The molecule has 0 saturated carbocycles. The Hall–Kier alpha value is -1.81. The topological polar surface area (TPSA) is 42.2 Å². The fraction of sp³-hybridized carbons (Fsp3) is 0.471. The first-order chi connectivity index (χ1) is 9.83. The summed E-state index contributed by atoms with van der Waals surface area (Å²) in [5.41, 5.74) is 1.83. The van der Waals surface area contributed by atoms with Crippen LogP contribution in [-0.2, 0) is 9.47 Å². The van der Waals surface area contributed by atoms with Gasteiger partial charge in [-0.05, 0) is 18.6 Å². The third kappa shape index (κ3) is 4.10. The molecule has 0 atom stereocenters. The lowest BCUT2D eigenvalue weighted by Crippen LogP contribution is -2.27. The van der Waals surface area contributed by atoms with Crippen LogP contribution in [0.4, 0.5) is 0 Å². The van der Waals surface area contributed by atoms with Crippen molar-refractivity contribution >= 4 is 0 Å². The van der Waals surface area contributed by atoms with Crippen molar-refractivity contribution in [3.05, 3.63) is 35.4 Å². The molecule has 1 aromatic rings. The van der Waals surface area contributed by atoms with Gasteiger partial charge in [0.05, 0.1) is 13.2 Å². The van der Waals surface area contributed by atoms with Crippen LogP contribution in [0.5, 0.6) is 0 Å². The first kappa shape index (κ1) is 14.6. The quantitative estimate of drug-likeness (QED) is 0.787. The molecule has 1 aromatic carbocycles. The molecule has 0 amide bonds. The smallest absolute Gasteiger partial charge is 0.183 e. The average molecular weight is 269 g/mol. The van der Waals surface area contributed by atoms with Crippen molar-refractivity contribution < 1.29 is 9.47 Å². The number of nitrogens with zero attached hydrogens (tertiary/aromatic N) is 1. The van der Waals surface area contributed by atoms with Gasteiger partial charge in [-0.1, -0.05) is 37.8 Å². The highest BCUT2D eigenvalue weighted by atomic mass is 16.7. The Kier molecular flexibility index (Phi) is 5.62. The van der Waals surface area contributed by atoms with E-state index >= 15 is 0 Å². The minimum atomic E-state index is -0.272.